The van der Waals surface area contributed by atoms with E-state index in [2.05, 4.69) is 15.0 Å². The van der Waals surface area contributed by atoms with Crippen LogP contribution >= 0.6 is 23.2 Å². The minimum atomic E-state index is 0.0645. The van der Waals surface area contributed by atoms with Crippen LogP contribution in [0.25, 0.3) is 33.3 Å². The van der Waals surface area contributed by atoms with Crippen LogP contribution in [0.4, 0.5) is 0 Å². The van der Waals surface area contributed by atoms with Gasteiger partial charge in [0.05, 0.1) is 0 Å². The minimum absolute atomic E-state index is 0.0645. The van der Waals surface area contributed by atoms with Crippen LogP contribution in [0.15, 0.2) is 46.9 Å². The Labute approximate surface area is 129 Å². The van der Waals surface area contributed by atoms with Gasteiger partial charge >= 0.3 is 0 Å². The standard InChI is InChI=1S/C15H7Cl2N3O/c16-14-18-13(19-15(17)20-14)8-5-6-10-9-3-1-2-4-11(9)21-12(10)7-8/h1-7H. The fourth-order valence-electron chi connectivity index (χ4n) is 2.32. The topological polar surface area (TPSA) is 51.8 Å². The molecule has 102 valence electrons. The number of furan rings is 1. The maximum absolute atomic E-state index is 5.84. The van der Waals surface area contributed by atoms with Gasteiger partial charge in [-0.1, -0.05) is 24.3 Å². The lowest BCUT2D eigenvalue weighted by Crippen LogP contribution is -1.93. The van der Waals surface area contributed by atoms with Crippen LogP contribution in [-0.2, 0) is 0 Å². The van der Waals surface area contributed by atoms with Crippen LogP contribution in [-0.4, -0.2) is 15.0 Å². The molecule has 0 fully saturated rings. The van der Waals surface area contributed by atoms with Gasteiger partial charge in [-0.25, -0.2) is 0 Å². The average Bonchev–Trinajstić information content (AvgIpc) is 2.83. The summed E-state index contributed by atoms with van der Waals surface area (Å²) >= 11 is 11.6. The number of hydrogen-bond donors (Lipinski definition) is 0. The van der Waals surface area contributed by atoms with Gasteiger partial charge in [0.15, 0.2) is 5.82 Å². The SMILES string of the molecule is Clc1nc(Cl)nc(-c2ccc3c(c2)oc2ccccc23)n1. The van der Waals surface area contributed by atoms with Crippen LogP contribution in [0, 0.1) is 0 Å². The molecule has 0 saturated heterocycles. The van der Waals surface area contributed by atoms with E-state index in [1.165, 1.54) is 0 Å². The number of aromatic nitrogens is 3. The highest BCUT2D eigenvalue weighted by Crippen LogP contribution is 2.31. The molecule has 0 aliphatic rings. The Kier molecular flexibility index (Phi) is 2.80. The first-order valence-corrected chi connectivity index (χ1v) is 6.95. The second-order valence-corrected chi connectivity index (χ2v) is 5.18. The van der Waals surface area contributed by atoms with Crippen molar-refractivity contribution in [3.63, 3.8) is 0 Å². The molecule has 2 aromatic carbocycles. The van der Waals surface area contributed by atoms with Crippen molar-refractivity contribution in [3.05, 3.63) is 53.0 Å². The van der Waals surface area contributed by atoms with E-state index in [0.29, 0.717) is 5.82 Å². The summed E-state index contributed by atoms with van der Waals surface area (Å²) in [6.07, 6.45) is 0. The van der Waals surface area contributed by atoms with Crippen molar-refractivity contribution in [2.45, 2.75) is 0 Å². The molecule has 0 amide bonds. The molecule has 0 spiro atoms. The highest BCUT2D eigenvalue weighted by atomic mass is 35.5. The first-order valence-electron chi connectivity index (χ1n) is 6.19. The largest absolute Gasteiger partial charge is 0.456 e. The fourth-order valence-corrected chi connectivity index (χ4v) is 2.68. The first-order chi connectivity index (χ1) is 10.2. The number of rotatable bonds is 1. The lowest BCUT2D eigenvalue weighted by atomic mass is 10.1. The molecule has 4 rings (SSSR count). The smallest absolute Gasteiger partial charge is 0.227 e. The van der Waals surface area contributed by atoms with E-state index in [9.17, 15) is 0 Å². The van der Waals surface area contributed by atoms with Gasteiger partial charge in [-0.15, -0.1) is 0 Å². The number of nitrogens with zero attached hydrogens (tertiary/aromatic N) is 3. The van der Waals surface area contributed by atoms with Crippen molar-refractivity contribution < 1.29 is 4.42 Å². The summed E-state index contributed by atoms with van der Waals surface area (Å²) in [5.74, 6) is 0.419. The second kappa shape index (κ2) is 4.69. The molecule has 0 saturated carbocycles. The number of fused-ring (bicyclic) bond motifs is 3. The summed E-state index contributed by atoms with van der Waals surface area (Å²) in [5.41, 5.74) is 2.38. The monoisotopic (exact) mass is 315 g/mol. The lowest BCUT2D eigenvalue weighted by molar-refractivity contribution is 0.669. The first kappa shape index (κ1) is 12.6. The zero-order valence-electron chi connectivity index (χ0n) is 10.5. The van der Waals surface area contributed by atoms with Crippen molar-refractivity contribution >= 4 is 45.1 Å². The maximum atomic E-state index is 5.84. The molecule has 4 aromatic rings. The number of para-hydroxylation sites is 1. The molecule has 0 N–H and O–H groups in total. The molecular weight excluding hydrogens is 309 g/mol. The zero-order valence-corrected chi connectivity index (χ0v) is 12.1. The molecule has 2 heterocycles. The highest BCUT2D eigenvalue weighted by molar-refractivity contribution is 6.31. The van der Waals surface area contributed by atoms with Gasteiger partial charge in [-0.3, -0.25) is 0 Å². The number of benzene rings is 2. The van der Waals surface area contributed by atoms with Crippen LogP contribution in [0.2, 0.25) is 10.6 Å². The normalized spacial score (nSPS) is 11.3. The third kappa shape index (κ3) is 2.13. The van der Waals surface area contributed by atoms with Gasteiger partial charge < -0.3 is 4.42 Å². The van der Waals surface area contributed by atoms with E-state index in [1.807, 2.05) is 42.5 Å². The molecule has 0 radical (unpaired) electrons. The van der Waals surface area contributed by atoms with E-state index in [4.69, 9.17) is 27.6 Å². The van der Waals surface area contributed by atoms with Crippen molar-refractivity contribution in [2.24, 2.45) is 0 Å². The van der Waals surface area contributed by atoms with Gasteiger partial charge in [0.1, 0.15) is 11.2 Å². The Bertz CT molecular complexity index is 961. The van der Waals surface area contributed by atoms with Crippen LogP contribution < -0.4 is 0 Å². The summed E-state index contributed by atoms with van der Waals surface area (Å²) in [5, 5.41) is 2.25. The molecule has 21 heavy (non-hydrogen) atoms. The molecule has 0 aliphatic carbocycles. The quantitative estimate of drug-likeness (QED) is 0.509. The van der Waals surface area contributed by atoms with Gasteiger partial charge in [0, 0.05) is 16.3 Å². The third-order valence-electron chi connectivity index (χ3n) is 3.22. The Balaban J connectivity index is 1.96. The Hall–Kier alpha value is -2.17. The molecule has 0 aliphatic heterocycles. The summed E-state index contributed by atoms with van der Waals surface area (Å²) in [7, 11) is 0. The zero-order chi connectivity index (χ0) is 14.4. The van der Waals surface area contributed by atoms with E-state index in [-0.39, 0.29) is 10.6 Å². The summed E-state index contributed by atoms with van der Waals surface area (Å²) in [4.78, 5) is 11.9. The number of hydrogen-bond acceptors (Lipinski definition) is 4. The van der Waals surface area contributed by atoms with Crippen molar-refractivity contribution in [3.8, 4) is 11.4 Å². The van der Waals surface area contributed by atoms with E-state index in [1.54, 1.807) is 0 Å². The molecule has 0 bridgehead atoms. The highest BCUT2D eigenvalue weighted by Gasteiger charge is 2.10. The Morgan fingerprint density at radius 2 is 1.48 bits per heavy atom. The van der Waals surface area contributed by atoms with Crippen LogP contribution in [0.5, 0.6) is 0 Å². The van der Waals surface area contributed by atoms with E-state index >= 15 is 0 Å². The minimum Gasteiger partial charge on any atom is -0.456 e. The van der Waals surface area contributed by atoms with Crippen molar-refractivity contribution in [2.75, 3.05) is 0 Å². The van der Waals surface area contributed by atoms with E-state index < -0.39 is 0 Å². The summed E-state index contributed by atoms with van der Waals surface area (Å²) < 4.78 is 5.84. The van der Waals surface area contributed by atoms with Gasteiger partial charge in [0.2, 0.25) is 10.6 Å². The average molecular weight is 316 g/mol. The predicted octanol–water partition coefficient (Wildman–Crippen LogP) is 4.74. The lowest BCUT2D eigenvalue weighted by Gasteiger charge is -2.00. The summed E-state index contributed by atoms with van der Waals surface area (Å²) in [6.45, 7) is 0. The molecule has 6 heteroatoms. The molecule has 4 nitrogen and oxygen atoms in total. The van der Waals surface area contributed by atoms with Crippen molar-refractivity contribution in [1.29, 1.82) is 0 Å². The fraction of sp³-hybridized carbons (Fsp3) is 0. The maximum Gasteiger partial charge on any atom is 0.227 e. The van der Waals surface area contributed by atoms with Crippen LogP contribution in [0.3, 0.4) is 0 Å². The van der Waals surface area contributed by atoms with Crippen LogP contribution in [0.1, 0.15) is 0 Å². The molecular formula is C15H7Cl2N3O. The van der Waals surface area contributed by atoms with E-state index in [0.717, 1.165) is 27.5 Å². The molecule has 2 aromatic heterocycles. The predicted molar refractivity (Wildman–Crippen MR) is 82.6 cm³/mol. The molecule has 0 unspecified atom stereocenters. The van der Waals surface area contributed by atoms with Gasteiger partial charge in [-0.2, -0.15) is 15.0 Å². The Morgan fingerprint density at radius 3 is 2.29 bits per heavy atom. The molecule has 0 atom stereocenters. The number of halogens is 2. The summed E-state index contributed by atoms with van der Waals surface area (Å²) in [6, 6.07) is 13.6. The second-order valence-electron chi connectivity index (χ2n) is 4.51. The Morgan fingerprint density at radius 1 is 0.762 bits per heavy atom. The third-order valence-corrected chi connectivity index (χ3v) is 3.56. The van der Waals surface area contributed by atoms with Gasteiger partial charge in [0.25, 0.3) is 0 Å². The van der Waals surface area contributed by atoms with Crippen molar-refractivity contribution in [1.82, 2.24) is 15.0 Å². The van der Waals surface area contributed by atoms with Gasteiger partial charge in [-0.05, 0) is 41.4 Å².